The molecule has 4 rings (SSSR count). The van der Waals surface area contributed by atoms with Crippen molar-refractivity contribution >= 4 is 23.7 Å². The minimum Gasteiger partial charge on any atom is -0.477 e. The van der Waals surface area contributed by atoms with Gasteiger partial charge in [0.25, 0.3) is 0 Å². The van der Waals surface area contributed by atoms with Gasteiger partial charge in [-0.05, 0) is 40.3 Å². The van der Waals surface area contributed by atoms with E-state index in [1.165, 1.54) is 18.3 Å². The van der Waals surface area contributed by atoms with E-state index in [1.807, 2.05) is 38.1 Å². The van der Waals surface area contributed by atoms with Gasteiger partial charge in [-0.2, -0.15) is 0 Å². The fraction of sp³-hybridized carbons (Fsp3) is 0.259. The topological polar surface area (TPSA) is 118 Å². The molecule has 35 heavy (non-hydrogen) atoms. The van der Waals surface area contributed by atoms with Gasteiger partial charge in [-0.3, -0.25) is 4.79 Å². The summed E-state index contributed by atoms with van der Waals surface area (Å²) in [6.45, 7) is 4.01. The van der Waals surface area contributed by atoms with Crippen LogP contribution >= 0.6 is 0 Å². The number of rotatable bonds is 8. The molecule has 0 unspecified atom stereocenters. The van der Waals surface area contributed by atoms with E-state index < -0.39 is 18.1 Å². The van der Waals surface area contributed by atoms with E-state index in [1.54, 1.807) is 0 Å². The van der Waals surface area contributed by atoms with Crippen molar-refractivity contribution in [1.29, 1.82) is 0 Å². The Morgan fingerprint density at radius 2 is 1.60 bits per heavy atom. The lowest BCUT2D eigenvalue weighted by Crippen LogP contribution is -2.41. The van der Waals surface area contributed by atoms with Gasteiger partial charge in [0, 0.05) is 18.4 Å². The van der Waals surface area contributed by atoms with Crippen LogP contribution in [0.1, 0.15) is 47.8 Å². The molecule has 8 nitrogen and oxygen atoms in total. The fourth-order valence-electron chi connectivity index (χ4n) is 4.25. The molecule has 0 aliphatic heterocycles. The highest BCUT2D eigenvalue weighted by Gasteiger charge is 2.29. The normalized spacial score (nSPS) is 13.0. The molecule has 1 aromatic heterocycles. The standard InChI is InChI=1S/C27H27N3O5/c1-16(2)24(13-25(31)29-17-11-12-23(26(32)33)28-14-17)30-27(34)35-15-22-20-9-5-3-7-18(20)19-8-4-6-10-21(19)22/h3-12,14,16,22,24H,13,15H2,1-2H3,(H,29,31)(H,30,34)(H,32,33)/t24-/m1/s1. The van der Waals surface area contributed by atoms with Crippen LogP contribution in [0.3, 0.4) is 0 Å². The second-order valence-corrected chi connectivity index (χ2v) is 8.81. The van der Waals surface area contributed by atoms with E-state index in [9.17, 15) is 14.4 Å². The molecule has 1 atom stereocenters. The summed E-state index contributed by atoms with van der Waals surface area (Å²) in [4.78, 5) is 39.9. The molecule has 0 fully saturated rings. The Hall–Kier alpha value is -4.20. The maximum Gasteiger partial charge on any atom is 0.407 e. The fourth-order valence-corrected chi connectivity index (χ4v) is 4.25. The van der Waals surface area contributed by atoms with Crippen LogP contribution in [0.25, 0.3) is 11.1 Å². The van der Waals surface area contributed by atoms with Gasteiger partial charge in [0.15, 0.2) is 0 Å². The van der Waals surface area contributed by atoms with E-state index in [2.05, 4.69) is 39.9 Å². The largest absolute Gasteiger partial charge is 0.477 e. The van der Waals surface area contributed by atoms with Crippen molar-refractivity contribution in [2.45, 2.75) is 32.2 Å². The number of ether oxygens (including phenoxy) is 1. The summed E-state index contributed by atoms with van der Waals surface area (Å²) in [5.41, 5.74) is 4.83. The van der Waals surface area contributed by atoms with Crippen molar-refractivity contribution in [3.63, 3.8) is 0 Å². The molecule has 0 saturated carbocycles. The molecular weight excluding hydrogens is 446 g/mol. The highest BCUT2D eigenvalue weighted by molar-refractivity contribution is 5.92. The zero-order chi connectivity index (χ0) is 24.9. The van der Waals surface area contributed by atoms with E-state index in [4.69, 9.17) is 9.84 Å². The lowest BCUT2D eigenvalue weighted by Gasteiger charge is -2.22. The highest BCUT2D eigenvalue weighted by Crippen LogP contribution is 2.44. The van der Waals surface area contributed by atoms with Crippen LogP contribution in [-0.2, 0) is 9.53 Å². The van der Waals surface area contributed by atoms with Crippen LogP contribution in [0.15, 0.2) is 66.9 Å². The third-order valence-corrected chi connectivity index (χ3v) is 6.12. The molecule has 2 aromatic carbocycles. The van der Waals surface area contributed by atoms with Crippen molar-refractivity contribution < 1.29 is 24.2 Å². The number of carbonyl (C=O) groups is 3. The van der Waals surface area contributed by atoms with E-state index in [-0.39, 0.29) is 36.5 Å². The Kier molecular flexibility index (Phi) is 7.10. The van der Waals surface area contributed by atoms with Gasteiger partial charge >= 0.3 is 12.1 Å². The average molecular weight is 474 g/mol. The first-order chi connectivity index (χ1) is 16.8. The van der Waals surface area contributed by atoms with Gasteiger partial charge in [-0.25, -0.2) is 14.6 Å². The van der Waals surface area contributed by atoms with Crippen LogP contribution in [-0.4, -0.2) is 40.7 Å². The Labute approximate surface area is 203 Å². The SMILES string of the molecule is CC(C)[C@@H](CC(=O)Nc1ccc(C(=O)O)nc1)NC(=O)OCC1c2ccccc2-c2ccccc21. The van der Waals surface area contributed by atoms with Crippen LogP contribution in [0.4, 0.5) is 10.5 Å². The Morgan fingerprint density at radius 1 is 0.971 bits per heavy atom. The maximum absolute atomic E-state index is 12.6. The summed E-state index contributed by atoms with van der Waals surface area (Å²) in [5, 5.41) is 14.4. The summed E-state index contributed by atoms with van der Waals surface area (Å²) in [6, 6.07) is 18.6. The number of benzene rings is 2. The molecule has 1 aliphatic carbocycles. The molecule has 1 heterocycles. The number of anilines is 1. The van der Waals surface area contributed by atoms with Gasteiger partial charge in [-0.15, -0.1) is 0 Å². The van der Waals surface area contributed by atoms with Crippen molar-refractivity contribution in [2.75, 3.05) is 11.9 Å². The number of alkyl carbamates (subject to hydrolysis) is 1. The van der Waals surface area contributed by atoms with E-state index in [0.29, 0.717) is 5.69 Å². The number of nitrogens with one attached hydrogen (secondary N) is 2. The Morgan fingerprint density at radius 3 is 2.14 bits per heavy atom. The zero-order valence-electron chi connectivity index (χ0n) is 19.5. The number of hydrogen-bond donors (Lipinski definition) is 3. The molecule has 0 saturated heterocycles. The number of amides is 2. The first kappa shape index (κ1) is 23.9. The van der Waals surface area contributed by atoms with Crippen molar-refractivity contribution in [3.05, 3.63) is 83.7 Å². The molecule has 180 valence electrons. The molecule has 2 amide bonds. The number of fused-ring (bicyclic) bond motifs is 3. The van der Waals surface area contributed by atoms with Gasteiger partial charge in [0.2, 0.25) is 5.91 Å². The summed E-state index contributed by atoms with van der Waals surface area (Å²) in [7, 11) is 0. The second kappa shape index (κ2) is 10.4. The molecule has 0 spiro atoms. The summed E-state index contributed by atoms with van der Waals surface area (Å²) >= 11 is 0. The predicted molar refractivity (Wildman–Crippen MR) is 131 cm³/mol. The number of hydrogen-bond acceptors (Lipinski definition) is 5. The average Bonchev–Trinajstić information content (AvgIpc) is 3.16. The number of nitrogens with zero attached hydrogens (tertiary/aromatic N) is 1. The summed E-state index contributed by atoms with van der Waals surface area (Å²) in [6.07, 6.45) is 0.735. The molecular formula is C27H27N3O5. The second-order valence-electron chi connectivity index (χ2n) is 8.81. The zero-order valence-corrected chi connectivity index (χ0v) is 19.5. The number of aromatic nitrogens is 1. The van der Waals surface area contributed by atoms with Gasteiger partial charge in [0.05, 0.1) is 11.9 Å². The first-order valence-corrected chi connectivity index (χ1v) is 11.4. The smallest absolute Gasteiger partial charge is 0.407 e. The van der Waals surface area contributed by atoms with Crippen molar-refractivity contribution in [2.24, 2.45) is 5.92 Å². The quantitative estimate of drug-likeness (QED) is 0.438. The Balaban J connectivity index is 1.34. The van der Waals surface area contributed by atoms with Crippen LogP contribution in [0.5, 0.6) is 0 Å². The van der Waals surface area contributed by atoms with Gasteiger partial charge in [0.1, 0.15) is 12.3 Å². The van der Waals surface area contributed by atoms with E-state index in [0.717, 1.165) is 22.3 Å². The molecule has 0 radical (unpaired) electrons. The lowest BCUT2D eigenvalue weighted by molar-refractivity contribution is -0.116. The number of aromatic carboxylic acids is 1. The third-order valence-electron chi connectivity index (χ3n) is 6.12. The van der Waals surface area contributed by atoms with Crippen LogP contribution in [0, 0.1) is 5.92 Å². The van der Waals surface area contributed by atoms with Gasteiger partial charge < -0.3 is 20.5 Å². The number of carboxylic acids is 1. The molecule has 3 aromatic rings. The number of carbonyl (C=O) groups excluding carboxylic acids is 2. The number of carboxylic acid groups (broad SMARTS) is 1. The maximum atomic E-state index is 12.6. The molecule has 1 aliphatic rings. The lowest BCUT2D eigenvalue weighted by atomic mass is 9.98. The van der Waals surface area contributed by atoms with Crippen LogP contribution in [0.2, 0.25) is 0 Å². The number of pyridine rings is 1. The summed E-state index contributed by atoms with van der Waals surface area (Å²) in [5.74, 6) is -1.54. The molecule has 0 bridgehead atoms. The minimum atomic E-state index is -1.14. The Bertz CT molecular complexity index is 1190. The third kappa shape index (κ3) is 5.48. The van der Waals surface area contributed by atoms with E-state index >= 15 is 0 Å². The monoisotopic (exact) mass is 473 g/mol. The minimum absolute atomic E-state index is 0.0197. The first-order valence-electron chi connectivity index (χ1n) is 11.4. The van der Waals surface area contributed by atoms with Crippen LogP contribution < -0.4 is 10.6 Å². The van der Waals surface area contributed by atoms with Gasteiger partial charge in [-0.1, -0.05) is 62.4 Å². The molecule has 8 heteroatoms. The predicted octanol–water partition coefficient (Wildman–Crippen LogP) is 4.67. The highest BCUT2D eigenvalue weighted by atomic mass is 16.5. The van der Waals surface area contributed by atoms with Crippen molar-refractivity contribution in [1.82, 2.24) is 10.3 Å². The van der Waals surface area contributed by atoms with Crippen molar-refractivity contribution in [3.8, 4) is 11.1 Å². The summed E-state index contributed by atoms with van der Waals surface area (Å²) < 4.78 is 5.61. The molecule has 3 N–H and O–H groups in total.